The van der Waals surface area contributed by atoms with Crippen molar-refractivity contribution in [3.05, 3.63) is 142 Å². The minimum atomic E-state index is -1.38. The van der Waals surface area contributed by atoms with E-state index in [4.69, 9.17) is 5.73 Å². The highest BCUT2D eigenvalue weighted by atomic mass is 35.5. The van der Waals surface area contributed by atoms with E-state index < -0.39 is 35.9 Å². The highest BCUT2D eigenvalue weighted by molar-refractivity contribution is 7.12. The van der Waals surface area contributed by atoms with Crippen LogP contribution in [-0.4, -0.2) is 23.6 Å². The van der Waals surface area contributed by atoms with Crippen LogP contribution in [0, 0.1) is 11.7 Å². The number of para-hydroxylation sites is 2. The van der Waals surface area contributed by atoms with E-state index in [1.165, 1.54) is 27.2 Å². The maximum atomic E-state index is 14.4. The normalized spacial score (nSPS) is 14.0. The third kappa shape index (κ3) is 7.86. The number of thiophene rings is 1. The van der Waals surface area contributed by atoms with Crippen molar-refractivity contribution in [2.45, 2.75) is 26.1 Å². The lowest BCUT2D eigenvalue weighted by Gasteiger charge is -2.26. The standard InChI is InChI=1S/C37H32FN5O4S.ClH/c38-30-7-2-1-6-26(30)22-40-34(44)20-29-36(46)42(23-25-11-15-27(16-12-25)41-35(45)33-10-5-19-48-33)31-8-3-4-9-32(31)43(37(29)47)28-17-13-24(21-39)14-18-28;/h1-19,29H,20-23,39H2,(H,40,44)(H,41,45);1H. The molecule has 1 unspecified atom stereocenters. The lowest BCUT2D eigenvalue weighted by atomic mass is 10.0. The number of carbonyl (C=O) groups is 4. The minimum absolute atomic E-state index is 0. The number of anilines is 4. The molecule has 250 valence electrons. The molecule has 4 N–H and O–H groups in total. The molecule has 0 fully saturated rings. The molecule has 1 aromatic heterocycles. The van der Waals surface area contributed by atoms with E-state index in [1.807, 2.05) is 17.5 Å². The van der Waals surface area contributed by atoms with Crippen LogP contribution in [0.2, 0.25) is 0 Å². The molecule has 0 radical (unpaired) electrons. The van der Waals surface area contributed by atoms with Crippen molar-refractivity contribution in [2.75, 3.05) is 15.1 Å². The molecule has 1 aliphatic heterocycles. The highest BCUT2D eigenvalue weighted by Gasteiger charge is 2.42. The quantitative estimate of drug-likeness (QED) is 0.143. The number of rotatable bonds is 10. The molecule has 1 atom stereocenters. The first-order valence-corrected chi connectivity index (χ1v) is 16.2. The summed E-state index contributed by atoms with van der Waals surface area (Å²) in [5, 5.41) is 7.36. The topological polar surface area (TPSA) is 125 Å². The molecule has 4 amide bonds. The van der Waals surface area contributed by atoms with Crippen molar-refractivity contribution in [1.29, 1.82) is 0 Å². The van der Waals surface area contributed by atoms with Crippen LogP contribution in [0.5, 0.6) is 0 Å². The molecule has 0 bridgehead atoms. The van der Waals surface area contributed by atoms with Crippen LogP contribution in [-0.2, 0) is 34.0 Å². The van der Waals surface area contributed by atoms with Gasteiger partial charge >= 0.3 is 0 Å². The Kier molecular flexibility index (Phi) is 11.2. The summed E-state index contributed by atoms with van der Waals surface area (Å²) in [6.45, 7) is 0.318. The molecule has 0 aliphatic carbocycles. The molecule has 49 heavy (non-hydrogen) atoms. The third-order valence-corrected chi connectivity index (χ3v) is 8.92. The average molecular weight is 698 g/mol. The van der Waals surface area contributed by atoms with Gasteiger partial charge in [-0.1, -0.05) is 60.7 Å². The number of amides is 4. The Morgan fingerprint density at radius 2 is 1.47 bits per heavy atom. The number of nitrogens with one attached hydrogen (secondary N) is 2. The van der Waals surface area contributed by atoms with Gasteiger partial charge in [-0.2, -0.15) is 0 Å². The fourth-order valence-electron chi connectivity index (χ4n) is 5.52. The first-order chi connectivity index (χ1) is 23.3. The number of fused-ring (bicyclic) bond motifs is 1. The van der Waals surface area contributed by atoms with Crippen LogP contribution in [0.15, 0.2) is 115 Å². The van der Waals surface area contributed by atoms with Gasteiger partial charge in [0.2, 0.25) is 17.7 Å². The Balaban J connectivity index is 0.00000468. The second-order valence-corrected chi connectivity index (χ2v) is 12.2. The lowest BCUT2D eigenvalue weighted by Crippen LogP contribution is -2.43. The van der Waals surface area contributed by atoms with Gasteiger partial charge in [-0.15, -0.1) is 23.7 Å². The number of nitrogens with zero attached hydrogens (tertiary/aromatic N) is 2. The average Bonchev–Trinajstić information content (AvgIpc) is 3.64. The molecule has 1 aliphatic rings. The third-order valence-electron chi connectivity index (χ3n) is 8.05. The Hall–Kier alpha value is -5.36. The van der Waals surface area contributed by atoms with Crippen molar-refractivity contribution in [2.24, 2.45) is 11.7 Å². The number of hydrogen-bond acceptors (Lipinski definition) is 6. The second kappa shape index (κ2) is 15.7. The Bertz CT molecular complexity index is 1950. The van der Waals surface area contributed by atoms with Crippen molar-refractivity contribution in [1.82, 2.24) is 5.32 Å². The van der Waals surface area contributed by atoms with E-state index in [1.54, 1.807) is 91.0 Å². The Morgan fingerprint density at radius 1 is 0.796 bits per heavy atom. The van der Waals surface area contributed by atoms with E-state index in [0.717, 1.165) is 11.1 Å². The summed E-state index contributed by atoms with van der Waals surface area (Å²) in [5.74, 6) is -3.75. The fraction of sp³-hybridized carbons (Fsp3) is 0.135. The Labute approximate surface area is 293 Å². The number of halogens is 2. The van der Waals surface area contributed by atoms with Gasteiger partial charge < -0.3 is 21.3 Å². The summed E-state index contributed by atoms with van der Waals surface area (Å²) in [6, 6.07) is 30.9. The molecule has 0 saturated heterocycles. The SMILES string of the molecule is Cl.NCc1ccc(N2C(=O)C(CC(=O)NCc3ccccc3F)C(=O)N(Cc3ccc(NC(=O)c4cccs4)cc3)c3ccccc32)cc1. The van der Waals surface area contributed by atoms with Gasteiger partial charge in [0.25, 0.3) is 5.91 Å². The summed E-state index contributed by atoms with van der Waals surface area (Å²) in [4.78, 5) is 58.1. The Morgan fingerprint density at radius 3 is 2.14 bits per heavy atom. The number of carbonyl (C=O) groups excluding carboxylic acids is 4. The van der Waals surface area contributed by atoms with E-state index in [0.29, 0.717) is 34.2 Å². The van der Waals surface area contributed by atoms with E-state index in [2.05, 4.69) is 10.6 Å². The molecular weight excluding hydrogens is 665 g/mol. The van der Waals surface area contributed by atoms with Gasteiger partial charge in [-0.25, -0.2) is 4.39 Å². The molecule has 9 nitrogen and oxygen atoms in total. The van der Waals surface area contributed by atoms with Crippen molar-refractivity contribution >= 4 is 70.1 Å². The molecule has 0 saturated carbocycles. The van der Waals surface area contributed by atoms with Gasteiger partial charge in [0.1, 0.15) is 11.7 Å². The maximum Gasteiger partial charge on any atom is 0.265 e. The summed E-state index contributed by atoms with van der Waals surface area (Å²) >= 11 is 1.34. The van der Waals surface area contributed by atoms with E-state index >= 15 is 0 Å². The van der Waals surface area contributed by atoms with Crippen molar-refractivity contribution < 1.29 is 23.6 Å². The summed E-state index contributed by atoms with van der Waals surface area (Å²) in [7, 11) is 0. The first kappa shape index (κ1) is 35.0. The van der Waals surface area contributed by atoms with Crippen molar-refractivity contribution in [3.8, 4) is 0 Å². The van der Waals surface area contributed by atoms with Crippen LogP contribution >= 0.6 is 23.7 Å². The van der Waals surface area contributed by atoms with Crippen LogP contribution in [0.4, 0.5) is 27.1 Å². The molecule has 12 heteroatoms. The highest BCUT2D eigenvalue weighted by Crippen LogP contribution is 2.40. The van der Waals surface area contributed by atoms with Crippen LogP contribution in [0.1, 0.15) is 32.8 Å². The van der Waals surface area contributed by atoms with Gasteiger partial charge in [-0.3, -0.25) is 24.1 Å². The predicted molar refractivity (Wildman–Crippen MR) is 191 cm³/mol. The first-order valence-electron chi connectivity index (χ1n) is 15.3. The summed E-state index contributed by atoms with van der Waals surface area (Å²) in [6.07, 6.45) is -0.443. The lowest BCUT2D eigenvalue weighted by molar-refractivity contribution is -0.136. The second-order valence-electron chi connectivity index (χ2n) is 11.2. The monoisotopic (exact) mass is 697 g/mol. The molecule has 4 aromatic carbocycles. The predicted octanol–water partition coefficient (Wildman–Crippen LogP) is 6.55. The van der Waals surface area contributed by atoms with E-state index in [-0.39, 0.29) is 37.0 Å². The molecule has 0 spiro atoms. The zero-order valence-corrected chi connectivity index (χ0v) is 27.8. The summed E-state index contributed by atoms with van der Waals surface area (Å²) < 4.78 is 14.2. The number of hydrogen-bond donors (Lipinski definition) is 3. The zero-order valence-electron chi connectivity index (χ0n) is 26.2. The largest absolute Gasteiger partial charge is 0.352 e. The molecule has 6 rings (SSSR count). The van der Waals surface area contributed by atoms with E-state index in [9.17, 15) is 23.6 Å². The van der Waals surface area contributed by atoms with Crippen LogP contribution in [0.25, 0.3) is 0 Å². The van der Waals surface area contributed by atoms with Gasteiger partial charge in [0.15, 0.2) is 0 Å². The van der Waals surface area contributed by atoms with Crippen molar-refractivity contribution in [3.63, 3.8) is 0 Å². The zero-order chi connectivity index (χ0) is 33.6. The van der Waals surface area contributed by atoms with Gasteiger partial charge in [0.05, 0.1) is 22.8 Å². The molecule has 5 aromatic rings. The van der Waals surface area contributed by atoms with Crippen LogP contribution < -0.4 is 26.2 Å². The molecule has 2 heterocycles. The number of benzene rings is 4. The number of nitrogens with two attached hydrogens (primary N) is 1. The maximum absolute atomic E-state index is 14.4. The smallest absolute Gasteiger partial charge is 0.265 e. The van der Waals surface area contributed by atoms with Gasteiger partial charge in [-0.05, 0) is 65.0 Å². The van der Waals surface area contributed by atoms with Crippen LogP contribution in [0.3, 0.4) is 0 Å². The summed E-state index contributed by atoms with van der Waals surface area (Å²) in [5.41, 5.74) is 9.77. The molecular formula is C37H33ClFN5O4S. The van der Waals surface area contributed by atoms with Gasteiger partial charge in [0, 0.05) is 36.4 Å². The fourth-order valence-corrected chi connectivity index (χ4v) is 6.14. The minimum Gasteiger partial charge on any atom is -0.352 e.